The van der Waals surface area contributed by atoms with E-state index in [1.165, 1.54) is 17.0 Å². The van der Waals surface area contributed by atoms with E-state index in [4.69, 9.17) is 10.5 Å². The third-order valence-electron chi connectivity index (χ3n) is 3.59. The van der Waals surface area contributed by atoms with Crippen molar-refractivity contribution in [1.29, 1.82) is 0 Å². The molecule has 1 aromatic rings. The highest BCUT2D eigenvalue weighted by Gasteiger charge is 2.30. The molecule has 26 heavy (non-hydrogen) atoms. The molecule has 1 saturated heterocycles. The number of nitrogens with one attached hydrogen (secondary N) is 2. The van der Waals surface area contributed by atoms with Gasteiger partial charge in [-0.05, 0) is 18.2 Å². The van der Waals surface area contributed by atoms with Crippen LogP contribution in [0.2, 0.25) is 0 Å². The van der Waals surface area contributed by atoms with Crippen LogP contribution in [0.4, 0.5) is 28.9 Å². The predicted molar refractivity (Wildman–Crippen MR) is 85.1 cm³/mol. The molecule has 1 aromatic carbocycles. The maximum absolute atomic E-state index is 14.3. The average Bonchev–Trinajstić information content (AvgIpc) is 2.55. The average molecular weight is 378 g/mol. The molecule has 0 unspecified atom stereocenters. The number of halogens is 4. The van der Waals surface area contributed by atoms with E-state index in [2.05, 4.69) is 5.32 Å². The Morgan fingerprint density at radius 2 is 2.12 bits per heavy atom. The number of ether oxygens (including phenoxy) is 1. The first-order valence-corrected chi connectivity index (χ1v) is 7.70. The SMILES string of the molecule is NC[C@H](NCC(F)(F)F)C(=O)Nc1ccc(N2CCOCC2=O)c(F)c1. The van der Waals surface area contributed by atoms with Gasteiger partial charge in [0.05, 0.1) is 24.9 Å². The molecule has 144 valence electrons. The largest absolute Gasteiger partial charge is 0.401 e. The molecule has 7 nitrogen and oxygen atoms in total. The number of morpholine rings is 1. The maximum Gasteiger partial charge on any atom is 0.401 e. The first-order chi connectivity index (χ1) is 12.2. The quantitative estimate of drug-likeness (QED) is 0.631. The molecule has 1 heterocycles. The molecule has 2 rings (SSSR count). The molecule has 1 atom stereocenters. The van der Waals surface area contributed by atoms with Crippen LogP contribution in [-0.4, -0.2) is 56.9 Å². The number of nitrogens with zero attached hydrogens (tertiary/aromatic N) is 1. The number of carbonyl (C=O) groups excluding carboxylic acids is 2. The van der Waals surface area contributed by atoms with Crippen molar-refractivity contribution in [3.05, 3.63) is 24.0 Å². The van der Waals surface area contributed by atoms with Crippen LogP contribution in [0.3, 0.4) is 0 Å². The van der Waals surface area contributed by atoms with Crippen LogP contribution in [0.15, 0.2) is 18.2 Å². The molecule has 0 spiro atoms. The fourth-order valence-corrected chi connectivity index (χ4v) is 2.33. The van der Waals surface area contributed by atoms with Gasteiger partial charge in [-0.15, -0.1) is 0 Å². The van der Waals surface area contributed by atoms with Crippen LogP contribution in [0, 0.1) is 5.82 Å². The van der Waals surface area contributed by atoms with Crippen LogP contribution in [-0.2, 0) is 14.3 Å². The molecule has 11 heteroatoms. The summed E-state index contributed by atoms with van der Waals surface area (Å²) in [6.45, 7) is -1.44. The Morgan fingerprint density at radius 1 is 1.38 bits per heavy atom. The number of benzene rings is 1. The van der Waals surface area contributed by atoms with E-state index in [0.717, 1.165) is 6.07 Å². The Hall–Kier alpha value is -2.24. The van der Waals surface area contributed by atoms with Gasteiger partial charge in [-0.3, -0.25) is 14.9 Å². The van der Waals surface area contributed by atoms with Crippen LogP contribution in [0.1, 0.15) is 0 Å². The van der Waals surface area contributed by atoms with Gasteiger partial charge in [0.15, 0.2) is 0 Å². The van der Waals surface area contributed by atoms with Crippen molar-refractivity contribution in [2.75, 3.05) is 43.1 Å². The van der Waals surface area contributed by atoms with Crippen LogP contribution in [0.5, 0.6) is 0 Å². The van der Waals surface area contributed by atoms with E-state index in [0.29, 0.717) is 0 Å². The zero-order chi connectivity index (χ0) is 19.3. The normalized spacial score (nSPS) is 16.5. The summed E-state index contributed by atoms with van der Waals surface area (Å²) in [4.78, 5) is 24.9. The standard InChI is InChI=1S/C15H18F4N4O3/c16-10-5-9(1-2-12(10)23-3-4-26-7-13(23)24)22-14(25)11(6-20)21-8-15(17,18)19/h1-2,5,11,21H,3-4,6-8,20H2,(H,22,25)/t11-/m0/s1. The fraction of sp³-hybridized carbons (Fsp3) is 0.467. The Morgan fingerprint density at radius 3 is 2.69 bits per heavy atom. The summed E-state index contributed by atoms with van der Waals surface area (Å²) in [5.74, 6) is -1.98. The molecule has 0 bridgehead atoms. The molecule has 1 fully saturated rings. The van der Waals surface area contributed by atoms with Crippen molar-refractivity contribution < 1.29 is 31.9 Å². The number of hydrogen-bond acceptors (Lipinski definition) is 5. The van der Waals surface area contributed by atoms with Gasteiger partial charge >= 0.3 is 6.18 Å². The van der Waals surface area contributed by atoms with E-state index < -0.39 is 36.4 Å². The molecule has 0 aliphatic carbocycles. The highest BCUT2D eigenvalue weighted by molar-refractivity contribution is 5.97. The summed E-state index contributed by atoms with van der Waals surface area (Å²) in [6, 6.07) is 2.33. The highest BCUT2D eigenvalue weighted by atomic mass is 19.4. The summed E-state index contributed by atoms with van der Waals surface area (Å²) in [5, 5.41) is 4.28. The number of nitrogens with two attached hydrogens (primary N) is 1. The van der Waals surface area contributed by atoms with E-state index in [9.17, 15) is 27.2 Å². The second-order valence-corrected chi connectivity index (χ2v) is 5.54. The number of alkyl halides is 3. The highest BCUT2D eigenvalue weighted by Crippen LogP contribution is 2.24. The lowest BCUT2D eigenvalue weighted by atomic mass is 10.2. The van der Waals surface area contributed by atoms with Crippen molar-refractivity contribution in [1.82, 2.24) is 5.32 Å². The molecule has 0 aromatic heterocycles. The summed E-state index contributed by atoms with van der Waals surface area (Å²) < 4.78 is 55.9. The summed E-state index contributed by atoms with van der Waals surface area (Å²) in [7, 11) is 0. The first-order valence-electron chi connectivity index (χ1n) is 7.70. The predicted octanol–water partition coefficient (Wildman–Crippen LogP) is 0.607. The lowest BCUT2D eigenvalue weighted by Gasteiger charge is -2.27. The zero-order valence-electron chi connectivity index (χ0n) is 13.6. The van der Waals surface area contributed by atoms with Gasteiger partial charge in [0, 0.05) is 18.8 Å². The van der Waals surface area contributed by atoms with Gasteiger partial charge in [0.2, 0.25) is 5.91 Å². The lowest BCUT2D eigenvalue weighted by molar-refractivity contribution is -0.130. The van der Waals surface area contributed by atoms with Crippen LogP contribution < -0.4 is 21.3 Å². The third kappa shape index (κ3) is 5.38. The molecule has 0 saturated carbocycles. The van der Waals surface area contributed by atoms with E-state index >= 15 is 0 Å². The molecule has 2 amide bonds. The minimum atomic E-state index is -4.49. The van der Waals surface area contributed by atoms with Gasteiger partial charge in [0.25, 0.3) is 5.91 Å². The Balaban J connectivity index is 2.04. The summed E-state index contributed by atoms with van der Waals surface area (Å²) in [6.07, 6.45) is -4.49. The number of rotatable bonds is 6. The van der Waals surface area contributed by atoms with Crippen molar-refractivity contribution in [2.45, 2.75) is 12.2 Å². The zero-order valence-corrected chi connectivity index (χ0v) is 13.6. The number of hydrogen-bond donors (Lipinski definition) is 3. The van der Waals surface area contributed by atoms with Crippen LogP contribution in [0.25, 0.3) is 0 Å². The molecular weight excluding hydrogens is 360 g/mol. The smallest absolute Gasteiger partial charge is 0.370 e. The van der Waals surface area contributed by atoms with Crippen molar-refractivity contribution in [3.8, 4) is 0 Å². The fourth-order valence-electron chi connectivity index (χ4n) is 2.33. The summed E-state index contributed by atoms with van der Waals surface area (Å²) in [5.41, 5.74) is 5.36. The first kappa shape index (κ1) is 20.1. The van der Waals surface area contributed by atoms with E-state index in [-0.39, 0.29) is 37.7 Å². The number of anilines is 2. The molecular formula is C15H18F4N4O3. The molecule has 0 radical (unpaired) electrons. The van der Waals surface area contributed by atoms with E-state index in [1.54, 1.807) is 0 Å². The van der Waals surface area contributed by atoms with Gasteiger partial charge in [-0.2, -0.15) is 13.2 Å². The summed E-state index contributed by atoms with van der Waals surface area (Å²) >= 11 is 0. The van der Waals surface area contributed by atoms with Gasteiger partial charge in [-0.25, -0.2) is 4.39 Å². The van der Waals surface area contributed by atoms with Crippen molar-refractivity contribution in [2.24, 2.45) is 5.73 Å². The molecule has 4 N–H and O–H groups in total. The Kier molecular flexibility index (Phi) is 6.51. The molecule has 1 aliphatic heterocycles. The van der Waals surface area contributed by atoms with Crippen molar-refractivity contribution >= 4 is 23.2 Å². The lowest BCUT2D eigenvalue weighted by Crippen LogP contribution is -2.48. The maximum atomic E-state index is 14.3. The van der Waals surface area contributed by atoms with Gasteiger partial charge in [0.1, 0.15) is 12.4 Å². The van der Waals surface area contributed by atoms with Gasteiger partial charge in [-0.1, -0.05) is 0 Å². The van der Waals surface area contributed by atoms with Crippen LogP contribution >= 0.6 is 0 Å². The Bertz CT molecular complexity index is 669. The Labute approximate surface area is 146 Å². The van der Waals surface area contributed by atoms with Crippen molar-refractivity contribution in [3.63, 3.8) is 0 Å². The number of amides is 2. The second kappa shape index (κ2) is 8.43. The molecule has 1 aliphatic rings. The van der Waals surface area contributed by atoms with Gasteiger partial charge < -0.3 is 20.7 Å². The van der Waals surface area contributed by atoms with E-state index in [1.807, 2.05) is 5.32 Å². The topological polar surface area (TPSA) is 96.7 Å². The third-order valence-corrected chi connectivity index (χ3v) is 3.59. The minimum Gasteiger partial charge on any atom is -0.370 e. The number of carbonyl (C=O) groups is 2. The monoisotopic (exact) mass is 378 g/mol. The second-order valence-electron chi connectivity index (χ2n) is 5.54. The minimum absolute atomic E-state index is 0.0295.